The van der Waals surface area contributed by atoms with Crippen molar-refractivity contribution in [1.29, 1.82) is 0 Å². The van der Waals surface area contributed by atoms with Gasteiger partial charge in [0.2, 0.25) is 11.8 Å². The second-order valence-electron chi connectivity index (χ2n) is 9.43. The number of hydrogen-bond donors (Lipinski definition) is 10. The van der Waals surface area contributed by atoms with Gasteiger partial charge in [0.1, 0.15) is 12.6 Å². The fourth-order valence-electron chi connectivity index (χ4n) is 3.97. The Morgan fingerprint density at radius 1 is 0.583 bits per heavy atom. The van der Waals surface area contributed by atoms with Crippen LogP contribution in [0.3, 0.4) is 0 Å². The Morgan fingerprint density at radius 2 is 0.944 bits per heavy atom. The molecule has 2 atom stereocenters. The molecule has 1 saturated heterocycles. The van der Waals surface area contributed by atoms with Crippen LogP contribution in [0.4, 0.5) is 0 Å². The molecule has 0 aromatic heterocycles. The van der Waals surface area contributed by atoms with Crippen molar-refractivity contribution in [3.8, 4) is 0 Å². The van der Waals surface area contributed by atoms with Crippen LogP contribution in [0.5, 0.6) is 0 Å². The first-order valence-electron chi connectivity index (χ1n) is 13.2. The maximum Gasteiger partial charge on any atom is 0.236 e. The molecule has 1 aliphatic heterocycles. The molecular weight excluding hydrogens is 464 g/mol. The fraction of sp³-hybridized carbons (Fsp3) is 0.909. The highest BCUT2D eigenvalue weighted by atomic mass is 16.2. The summed E-state index contributed by atoms with van der Waals surface area (Å²) in [4.78, 5) is 29.0. The Bertz CT molecular complexity index is 537. The smallest absolute Gasteiger partial charge is 0.236 e. The summed E-state index contributed by atoms with van der Waals surface area (Å²) in [6, 6.07) is -1.02. The van der Waals surface area contributed by atoms with Gasteiger partial charge in [0.05, 0.1) is 12.1 Å². The molecule has 212 valence electrons. The lowest BCUT2D eigenvalue weighted by Crippen LogP contribution is -2.48. The third kappa shape index (κ3) is 16.3. The maximum atomic E-state index is 12.1. The Kier molecular flexibility index (Phi) is 17.8. The number of nitrogens with two attached hydrogens (primary N) is 6. The van der Waals surface area contributed by atoms with Gasteiger partial charge >= 0.3 is 0 Å². The molecule has 0 aliphatic carbocycles. The quantitative estimate of drug-likeness (QED) is 0.0542. The topological polar surface area (TPSA) is 245 Å². The van der Waals surface area contributed by atoms with Crippen molar-refractivity contribution < 1.29 is 9.59 Å². The van der Waals surface area contributed by atoms with Crippen molar-refractivity contribution in [3.05, 3.63) is 0 Å². The van der Waals surface area contributed by atoms with E-state index in [0.717, 1.165) is 65.0 Å². The minimum atomic E-state index is -0.546. The van der Waals surface area contributed by atoms with Crippen molar-refractivity contribution in [2.75, 3.05) is 65.4 Å². The SMILES string of the molecule is NC(N)NCCC[C@H](N)C(=O)NCCCN1CCN(CCCNC(=O)[C@@H](N)CCCNC(N)N)CC1. The second-order valence-corrected chi connectivity index (χ2v) is 9.43. The van der Waals surface area contributed by atoms with Gasteiger partial charge in [-0.3, -0.25) is 20.2 Å². The first-order chi connectivity index (χ1) is 17.2. The van der Waals surface area contributed by atoms with E-state index < -0.39 is 24.7 Å². The number of piperazine rings is 1. The van der Waals surface area contributed by atoms with E-state index in [0.29, 0.717) is 39.0 Å². The highest BCUT2D eigenvalue weighted by molar-refractivity contribution is 5.81. The predicted molar refractivity (Wildman–Crippen MR) is 143 cm³/mol. The minimum absolute atomic E-state index is 0.113. The lowest BCUT2D eigenvalue weighted by molar-refractivity contribution is -0.123. The molecule has 36 heavy (non-hydrogen) atoms. The summed E-state index contributed by atoms with van der Waals surface area (Å²) in [6.45, 7) is 8.42. The lowest BCUT2D eigenvalue weighted by atomic mass is 10.1. The average Bonchev–Trinajstić information content (AvgIpc) is 2.84. The molecule has 1 aliphatic rings. The predicted octanol–water partition coefficient (Wildman–Crippen LogP) is -4.59. The Morgan fingerprint density at radius 3 is 1.28 bits per heavy atom. The van der Waals surface area contributed by atoms with Crippen LogP contribution < -0.4 is 55.7 Å². The zero-order chi connectivity index (χ0) is 26.8. The van der Waals surface area contributed by atoms with E-state index in [9.17, 15) is 9.59 Å². The number of rotatable bonds is 20. The average molecular weight is 517 g/mol. The molecule has 0 spiro atoms. The van der Waals surface area contributed by atoms with E-state index in [-0.39, 0.29) is 11.8 Å². The molecule has 14 nitrogen and oxygen atoms in total. The van der Waals surface area contributed by atoms with Gasteiger partial charge in [-0.05, 0) is 64.7 Å². The van der Waals surface area contributed by atoms with Crippen LogP contribution in [0.2, 0.25) is 0 Å². The van der Waals surface area contributed by atoms with Crippen LogP contribution >= 0.6 is 0 Å². The van der Waals surface area contributed by atoms with Crippen LogP contribution in [-0.4, -0.2) is 112 Å². The monoisotopic (exact) mass is 516 g/mol. The number of nitrogens with zero attached hydrogens (tertiary/aromatic N) is 2. The Balaban J connectivity index is 2.01. The van der Waals surface area contributed by atoms with E-state index in [1.807, 2.05) is 0 Å². The zero-order valence-corrected chi connectivity index (χ0v) is 21.8. The Hall–Kier alpha value is -1.46. The summed E-state index contributed by atoms with van der Waals surface area (Å²) < 4.78 is 0. The molecule has 1 heterocycles. The van der Waals surface area contributed by atoms with E-state index in [1.165, 1.54) is 0 Å². The third-order valence-electron chi connectivity index (χ3n) is 6.18. The largest absolute Gasteiger partial charge is 0.355 e. The van der Waals surface area contributed by atoms with Gasteiger partial charge in [-0.1, -0.05) is 0 Å². The van der Waals surface area contributed by atoms with Gasteiger partial charge in [-0.15, -0.1) is 0 Å². The van der Waals surface area contributed by atoms with Gasteiger partial charge in [0, 0.05) is 39.3 Å². The first kappa shape index (κ1) is 32.6. The number of carbonyl (C=O) groups excluding carboxylic acids is 2. The molecule has 16 N–H and O–H groups in total. The summed E-state index contributed by atoms with van der Waals surface area (Å²) in [7, 11) is 0. The minimum Gasteiger partial charge on any atom is -0.355 e. The van der Waals surface area contributed by atoms with Crippen molar-refractivity contribution in [3.63, 3.8) is 0 Å². The highest BCUT2D eigenvalue weighted by Crippen LogP contribution is 2.03. The van der Waals surface area contributed by atoms with Crippen LogP contribution in [0.1, 0.15) is 38.5 Å². The maximum absolute atomic E-state index is 12.1. The fourth-order valence-corrected chi connectivity index (χ4v) is 3.97. The van der Waals surface area contributed by atoms with E-state index in [4.69, 9.17) is 34.4 Å². The molecule has 14 heteroatoms. The lowest BCUT2D eigenvalue weighted by Gasteiger charge is -2.34. The van der Waals surface area contributed by atoms with Crippen molar-refractivity contribution >= 4 is 11.8 Å². The standard InChI is InChI=1S/C22H52N12O2/c23-17(5-1-7-31-21(25)26)19(35)29-9-3-11-33-13-15-34(16-14-33)12-4-10-30-20(36)18(24)6-2-8-32-22(27)28/h17-18,21-22,31-32H,1-16,23-28H2,(H,29,35)(H,30,36)/t17-,18-/m0/s1. The molecular formula is C22H52N12O2. The normalized spacial score (nSPS) is 16.9. The molecule has 0 saturated carbocycles. The molecule has 0 radical (unpaired) electrons. The molecule has 0 unspecified atom stereocenters. The van der Waals surface area contributed by atoms with Gasteiger partial charge in [0.15, 0.2) is 0 Å². The zero-order valence-electron chi connectivity index (χ0n) is 21.8. The molecule has 0 aromatic rings. The summed E-state index contributed by atoms with van der Waals surface area (Å²) in [5, 5.41) is 11.6. The summed E-state index contributed by atoms with van der Waals surface area (Å²) >= 11 is 0. The van der Waals surface area contributed by atoms with Gasteiger partial charge in [-0.2, -0.15) is 0 Å². The van der Waals surface area contributed by atoms with Gasteiger partial charge in [-0.25, -0.2) is 0 Å². The number of nitrogens with one attached hydrogen (secondary N) is 4. The molecule has 0 bridgehead atoms. The summed E-state index contributed by atoms with van der Waals surface area (Å²) in [6.07, 6.45) is 3.36. The summed E-state index contributed by atoms with van der Waals surface area (Å²) in [5.41, 5.74) is 33.5. The van der Waals surface area contributed by atoms with E-state index in [2.05, 4.69) is 31.1 Å². The van der Waals surface area contributed by atoms with Crippen LogP contribution in [0.15, 0.2) is 0 Å². The first-order valence-corrected chi connectivity index (χ1v) is 13.2. The van der Waals surface area contributed by atoms with E-state index in [1.54, 1.807) is 0 Å². The van der Waals surface area contributed by atoms with Crippen LogP contribution in [0.25, 0.3) is 0 Å². The second kappa shape index (κ2) is 19.6. The van der Waals surface area contributed by atoms with E-state index >= 15 is 0 Å². The van der Waals surface area contributed by atoms with Crippen molar-refractivity contribution in [2.24, 2.45) is 34.4 Å². The molecule has 2 amide bonds. The number of carbonyl (C=O) groups is 2. The van der Waals surface area contributed by atoms with Crippen LogP contribution in [-0.2, 0) is 9.59 Å². The van der Waals surface area contributed by atoms with Gasteiger partial charge in [0.25, 0.3) is 0 Å². The van der Waals surface area contributed by atoms with Crippen LogP contribution in [0, 0.1) is 0 Å². The third-order valence-corrected chi connectivity index (χ3v) is 6.18. The number of amides is 2. The molecule has 1 rings (SSSR count). The molecule has 0 aromatic carbocycles. The number of hydrogen-bond acceptors (Lipinski definition) is 12. The molecule has 1 fully saturated rings. The summed E-state index contributed by atoms with van der Waals surface area (Å²) in [5.74, 6) is -0.225. The van der Waals surface area contributed by atoms with Crippen molar-refractivity contribution in [1.82, 2.24) is 31.1 Å². The van der Waals surface area contributed by atoms with Gasteiger partial charge < -0.3 is 54.8 Å². The highest BCUT2D eigenvalue weighted by Gasteiger charge is 2.17. The Labute approximate surface area is 215 Å². The van der Waals surface area contributed by atoms with Crippen molar-refractivity contribution in [2.45, 2.75) is 63.2 Å².